The second-order valence-corrected chi connectivity index (χ2v) is 5.64. The van der Waals surface area contributed by atoms with E-state index in [0.29, 0.717) is 29.2 Å². The van der Waals surface area contributed by atoms with Gasteiger partial charge in [0.05, 0.1) is 10.0 Å². The Hall–Kier alpha value is -1.36. The summed E-state index contributed by atoms with van der Waals surface area (Å²) in [7, 11) is 0. The first-order valence-corrected chi connectivity index (χ1v) is 7.22. The Labute approximate surface area is 133 Å². The van der Waals surface area contributed by atoms with Crippen molar-refractivity contribution in [1.29, 1.82) is 0 Å². The summed E-state index contributed by atoms with van der Waals surface area (Å²) in [5.74, 6) is 0.302. The fraction of sp³-hybridized carbons (Fsp3) is 0.267. The van der Waals surface area contributed by atoms with Gasteiger partial charge in [-0.2, -0.15) is 0 Å². The van der Waals surface area contributed by atoms with Crippen molar-refractivity contribution < 1.29 is 9.13 Å². The molecule has 112 valence electrons. The molecule has 0 saturated carbocycles. The monoisotopic (exact) mass is 328 g/mol. The highest BCUT2D eigenvalue weighted by Gasteiger charge is 2.08. The second kappa shape index (κ2) is 7.07. The normalized spacial score (nSPS) is 11.0. The standard InChI is InChI=1S/C15H15Cl2FN2O/c1-9(2)19-7-10-5-15(20-8-13(10)17)21-11-3-4-14(18)12(16)6-11/h3-6,8-9,19H,7H2,1-2H3. The fourth-order valence-corrected chi connectivity index (χ4v) is 1.97. The summed E-state index contributed by atoms with van der Waals surface area (Å²) >= 11 is 11.8. The molecule has 0 fully saturated rings. The minimum atomic E-state index is -0.491. The van der Waals surface area contributed by atoms with E-state index in [-0.39, 0.29) is 5.02 Å². The summed E-state index contributed by atoms with van der Waals surface area (Å²) in [5.41, 5.74) is 0.878. The molecule has 0 aliphatic rings. The number of aromatic nitrogens is 1. The van der Waals surface area contributed by atoms with E-state index >= 15 is 0 Å². The first kappa shape index (κ1) is 16.0. The van der Waals surface area contributed by atoms with Crippen LogP contribution in [0.4, 0.5) is 4.39 Å². The predicted molar refractivity (Wildman–Crippen MR) is 82.7 cm³/mol. The highest BCUT2D eigenvalue weighted by molar-refractivity contribution is 6.31. The zero-order chi connectivity index (χ0) is 15.4. The number of halogens is 3. The molecule has 0 spiro atoms. The quantitative estimate of drug-likeness (QED) is 0.854. The average molecular weight is 329 g/mol. The average Bonchev–Trinajstić information content (AvgIpc) is 2.43. The number of nitrogens with zero attached hydrogens (tertiary/aromatic N) is 1. The molecule has 3 nitrogen and oxygen atoms in total. The van der Waals surface area contributed by atoms with Crippen molar-refractivity contribution in [2.45, 2.75) is 26.4 Å². The minimum absolute atomic E-state index is 0.00293. The van der Waals surface area contributed by atoms with Crippen LogP contribution in [0, 0.1) is 5.82 Å². The van der Waals surface area contributed by atoms with E-state index in [1.165, 1.54) is 24.4 Å². The lowest BCUT2D eigenvalue weighted by Crippen LogP contribution is -2.22. The van der Waals surface area contributed by atoms with Gasteiger partial charge in [0, 0.05) is 30.9 Å². The SMILES string of the molecule is CC(C)NCc1cc(Oc2ccc(F)c(Cl)c2)ncc1Cl. The van der Waals surface area contributed by atoms with Gasteiger partial charge in [-0.15, -0.1) is 0 Å². The first-order valence-electron chi connectivity index (χ1n) is 6.46. The van der Waals surface area contributed by atoms with Crippen LogP contribution in [0.5, 0.6) is 11.6 Å². The van der Waals surface area contributed by atoms with Crippen molar-refractivity contribution in [1.82, 2.24) is 10.3 Å². The van der Waals surface area contributed by atoms with Crippen LogP contribution in [-0.2, 0) is 6.54 Å². The number of nitrogens with one attached hydrogen (secondary N) is 1. The maximum absolute atomic E-state index is 13.1. The fourth-order valence-electron chi connectivity index (χ4n) is 1.62. The van der Waals surface area contributed by atoms with Crippen molar-refractivity contribution in [3.05, 3.63) is 51.9 Å². The van der Waals surface area contributed by atoms with Crippen LogP contribution in [0.25, 0.3) is 0 Å². The van der Waals surface area contributed by atoms with Gasteiger partial charge in [0.1, 0.15) is 11.6 Å². The van der Waals surface area contributed by atoms with Crippen LogP contribution in [0.1, 0.15) is 19.4 Å². The number of ether oxygens (including phenoxy) is 1. The summed E-state index contributed by atoms with van der Waals surface area (Å²) < 4.78 is 18.7. The van der Waals surface area contributed by atoms with Gasteiger partial charge in [0.2, 0.25) is 5.88 Å². The van der Waals surface area contributed by atoms with E-state index in [2.05, 4.69) is 10.3 Å². The summed E-state index contributed by atoms with van der Waals surface area (Å²) in [4.78, 5) is 4.09. The van der Waals surface area contributed by atoms with E-state index in [4.69, 9.17) is 27.9 Å². The molecule has 2 rings (SSSR count). The number of benzene rings is 1. The Morgan fingerprint density at radius 3 is 2.67 bits per heavy atom. The molecule has 0 amide bonds. The zero-order valence-electron chi connectivity index (χ0n) is 11.7. The topological polar surface area (TPSA) is 34.1 Å². The minimum Gasteiger partial charge on any atom is -0.439 e. The van der Waals surface area contributed by atoms with Crippen molar-refractivity contribution in [2.24, 2.45) is 0 Å². The van der Waals surface area contributed by atoms with Crippen molar-refractivity contribution in [2.75, 3.05) is 0 Å². The van der Waals surface area contributed by atoms with Gasteiger partial charge < -0.3 is 10.1 Å². The van der Waals surface area contributed by atoms with Crippen LogP contribution in [0.15, 0.2) is 30.5 Å². The Kier molecular flexibility index (Phi) is 5.39. The van der Waals surface area contributed by atoms with E-state index in [0.717, 1.165) is 5.56 Å². The molecule has 0 saturated heterocycles. The molecular formula is C15H15Cl2FN2O. The Morgan fingerprint density at radius 2 is 2.00 bits per heavy atom. The van der Waals surface area contributed by atoms with Crippen molar-refractivity contribution >= 4 is 23.2 Å². The van der Waals surface area contributed by atoms with E-state index < -0.39 is 5.82 Å². The molecular weight excluding hydrogens is 314 g/mol. The lowest BCUT2D eigenvalue weighted by atomic mass is 10.2. The van der Waals surface area contributed by atoms with Crippen LogP contribution >= 0.6 is 23.2 Å². The number of pyridine rings is 1. The highest BCUT2D eigenvalue weighted by atomic mass is 35.5. The summed E-state index contributed by atoms with van der Waals surface area (Å²) in [5, 5.41) is 3.84. The summed E-state index contributed by atoms with van der Waals surface area (Å²) in [6.07, 6.45) is 1.53. The molecule has 21 heavy (non-hydrogen) atoms. The number of hydrogen-bond acceptors (Lipinski definition) is 3. The van der Waals surface area contributed by atoms with Gasteiger partial charge in [-0.1, -0.05) is 37.0 Å². The van der Waals surface area contributed by atoms with Crippen molar-refractivity contribution in [3.63, 3.8) is 0 Å². The molecule has 1 aromatic carbocycles. The number of hydrogen-bond donors (Lipinski definition) is 1. The van der Waals surface area contributed by atoms with Gasteiger partial charge >= 0.3 is 0 Å². The third-order valence-electron chi connectivity index (χ3n) is 2.72. The molecule has 6 heteroatoms. The molecule has 1 aromatic heterocycles. The number of rotatable bonds is 5. The van der Waals surface area contributed by atoms with Crippen LogP contribution in [0.2, 0.25) is 10.0 Å². The van der Waals surface area contributed by atoms with E-state index in [9.17, 15) is 4.39 Å². The predicted octanol–water partition coefficient (Wildman–Crippen LogP) is 4.82. The molecule has 0 bridgehead atoms. The third-order valence-corrected chi connectivity index (χ3v) is 3.35. The van der Waals surface area contributed by atoms with Crippen molar-refractivity contribution in [3.8, 4) is 11.6 Å². The lowest BCUT2D eigenvalue weighted by molar-refractivity contribution is 0.459. The molecule has 0 aliphatic heterocycles. The van der Waals surface area contributed by atoms with Gasteiger partial charge in [0.25, 0.3) is 0 Å². The maximum Gasteiger partial charge on any atom is 0.219 e. The molecule has 0 radical (unpaired) electrons. The molecule has 1 heterocycles. The largest absolute Gasteiger partial charge is 0.439 e. The smallest absolute Gasteiger partial charge is 0.219 e. The summed E-state index contributed by atoms with van der Waals surface area (Å²) in [6, 6.07) is 6.22. The Bertz CT molecular complexity index is 635. The maximum atomic E-state index is 13.1. The van der Waals surface area contributed by atoms with E-state index in [1.54, 1.807) is 6.07 Å². The van der Waals surface area contributed by atoms with Crippen LogP contribution < -0.4 is 10.1 Å². The van der Waals surface area contributed by atoms with Gasteiger partial charge in [-0.25, -0.2) is 9.37 Å². The molecule has 0 unspecified atom stereocenters. The molecule has 2 aromatic rings. The Balaban J connectivity index is 2.16. The molecule has 1 N–H and O–H groups in total. The summed E-state index contributed by atoms with van der Waals surface area (Å²) in [6.45, 7) is 4.71. The van der Waals surface area contributed by atoms with Crippen LogP contribution in [-0.4, -0.2) is 11.0 Å². The van der Waals surface area contributed by atoms with E-state index in [1.807, 2.05) is 13.8 Å². The van der Waals surface area contributed by atoms with Gasteiger partial charge in [-0.3, -0.25) is 0 Å². The lowest BCUT2D eigenvalue weighted by Gasteiger charge is -2.11. The van der Waals surface area contributed by atoms with Gasteiger partial charge in [-0.05, 0) is 17.7 Å². The second-order valence-electron chi connectivity index (χ2n) is 4.83. The first-order chi connectivity index (χ1) is 9.95. The highest BCUT2D eigenvalue weighted by Crippen LogP contribution is 2.27. The Morgan fingerprint density at radius 1 is 1.24 bits per heavy atom. The van der Waals surface area contributed by atoms with Gasteiger partial charge in [0.15, 0.2) is 0 Å². The van der Waals surface area contributed by atoms with Crippen LogP contribution in [0.3, 0.4) is 0 Å². The molecule has 0 atom stereocenters. The zero-order valence-corrected chi connectivity index (χ0v) is 13.2. The molecule has 0 aliphatic carbocycles. The third kappa shape index (κ3) is 4.56.